The number of nitrogens with zero attached hydrogens (tertiary/aromatic N) is 3. The van der Waals surface area contributed by atoms with Crippen LogP contribution in [-0.4, -0.2) is 44.0 Å². The van der Waals surface area contributed by atoms with E-state index in [-0.39, 0.29) is 18.1 Å². The monoisotopic (exact) mass is 260 g/mol. The van der Waals surface area contributed by atoms with Crippen LogP contribution in [0.4, 0.5) is 11.5 Å². The number of aliphatic hydroxyl groups is 1. The molecule has 0 radical (unpaired) electrons. The van der Waals surface area contributed by atoms with Gasteiger partial charge in [0.15, 0.2) is 0 Å². The maximum atomic E-state index is 10.7. The van der Waals surface area contributed by atoms with Gasteiger partial charge in [-0.2, -0.15) is 11.8 Å². The Morgan fingerprint density at radius 1 is 1.76 bits per heavy atom. The van der Waals surface area contributed by atoms with E-state index in [1.54, 1.807) is 14.0 Å². The lowest BCUT2D eigenvalue weighted by Gasteiger charge is -2.22. The lowest BCUT2D eigenvalue weighted by Crippen LogP contribution is -2.36. The average Bonchev–Trinajstić information content (AvgIpc) is 2.57. The molecule has 0 aliphatic heterocycles. The standard InChI is InChI=1S/C9H16N4O3S/c1-9(14,6-17-3)5-10-8-7(13(15)16)4-12(2)11-8/h4,14H,5-6H2,1-3H3,(H,10,11). The van der Waals surface area contributed by atoms with Gasteiger partial charge in [-0.05, 0) is 13.2 Å². The molecule has 0 bridgehead atoms. The van der Waals surface area contributed by atoms with Crippen molar-refractivity contribution in [3.8, 4) is 0 Å². The molecule has 1 unspecified atom stereocenters. The molecule has 1 aromatic rings. The normalized spacial score (nSPS) is 14.4. The number of hydrogen-bond donors (Lipinski definition) is 2. The molecule has 0 spiro atoms. The Bertz CT molecular complexity index is 405. The minimum atomic E-state index is -0.926. The summed E-state index contributed by atoms with van der Waals surface area (Å²) in [5.74, 6) is 0.722. The third-order valence-electron chi connectivity index (χ3n) is 2.10. The van der Waals surface area contributed by atoms with E-state index in [9.17, 15) is 15.2 Å². The van der Waals surface area contributed by atoms with Crippen LogP contribution in [0.2, 0.25) is 0 Å². The van der Waals surface area contributed by atoms with Crippen LogP contribution in [0.3, 0.4) is 0 Å². The van der Waals surface area contributed by atoms with E-state index in [4.69, 9.17) is 0 Å². The quantitative estimate of drug-likeness (QED) is 0.582. The molecule has 0 amide bonds. The number of rotatable bonds is 6. The van der Waals surface area contributed by atoms with Crippen molar-refractivity contribution in [2.24, 2.45) is 7.05 Å². The largest absolute Gasteiger partial charge is 0.387 e. The van der Waals surface area contributed by atoms with Crippen molar-refractivity contribution >= 4 is 23.3 Å². The molecule has 8 heteroatoms. The van der Waals surface area contributed by atoms with Crippen molar-refractivity contribution in [2.45, 2.75) is 12.5 Å². The highest BCUT2D eigenvalue weighted by molar-refractivity contribution is 7.98. The zero-order valence-corrected chi connectivity index (χ0v) is 10.8. The van der Waals surface area contributed by atoms with E-state index in [1.165, 1.54) is 22.6 Å². The molecule has 0 saturated carbocycles. The van der Waals surface area contributed by atoms with Gasteiger partial charge in [-0.25, -0.2) is 0 Å². The summed E-state index contributed by atoms with van der Waals surface area (Å²) in [5.41, 5.74) is -1.02. The predicted octanol–water partition coefficient (Wildman–Crippen LogP) is 0.854. The fraction of sp³-hybridized carbons (Fsp3) is 0.667. The predicted molar refractivity (Wildman–Crippen MR) is 67.4 cm³/mol. The first-order chi connectivity index (χ1) is 7.85. The number of aryl methyl sites for hydroxylation is 1. The van der Waals surface area contributed by atoms with E-state index < -0.39 is 10.5 Å². The molecule has 7 nitrogen and oxygen atoms in total. The van der Waals surface area contributed by atoms with Crippen LogP contribution in [0.15, 0.2) is 6.20 Å². The highest BCUT2D eigenvalue weighted by atomic mass is 32.2. The minimum absolute atomic E-state index is 0.0903. The molecule has 0 aliphatic carbocycles. The first kappa shape index (κ1) is 13.8. The van der Waals surface area contributed by atoms with Gasteiger partial charge in [0.25, 0.3) is 0 Å². The fourth-order valence-electron chi connectivity index (χ4n) is 1.37. The van der Waals surface area contributed by atoms with Crippen molar-refractivity contribution < 1.29 is 10.0 Å². The Hall–Kier alpha value is -1.28. The lowest BCUT2D eigenvalue weighted by atomic mass is 10.1. The molecule has 0 saturated heterocycles. The van der Waals surface area contributed by atoms with Gasteiger partial charge in [-0.1, -0.05) is 0 Å². The topological polar surface area (TPSA) is 93.2 Å². The summed E-state index contributed by atoms with van der Waals surface area (Å²) in [7, 11) is 1.61. The first-order valence-corrected chi connectivity index (χ1v) is 6.38. The van der Waals surface area contributed by atoms with E-state index >= 15 is 0 Å². The van der Waals surface area contributed by atoms with Gasteiger partial charge in [0.1, 0.15) is 6.20 Å². The van der Waals surface area contributed by atoms with E-state index in [2.05, 4.69) is 10.4 Å². The van der Waals surface area contributed by atoms with E-state index in [0.29, 0.717) is 5.75 Å². The Kier molecular flexibility index (Phi) is 4.35. The summed E-state index contributed by atoms with van der Waals surface area (Å²) in [5, 5.41) is 27.4. The van der Waals surface area contributed by atoms with Crippen LogP contribution in [0.25, 0.3) is 0 Å². The maximum Gasteiger partial charge on any atom is 0.330 e. The molecule has 1 atom stereocenters. The molecule has 1 aromatic heterocycles. The number of hydrogen-bond acceptors (Lipinski definition) is 6. The summed E-state index contributed by atoms with van der Waals surface area (Å²) >= 11 is 1.51. The summed E-state index contributed by atoms with van der Waals surface area (Å²) < 4.78 is 1.36. The number of nitrogens with one attached hydrogen (secondary N) is 1. The van der Waals surface area contributed by atoms with Gasteiger partial charge >= 0.3 is 5.69 Å². The Balaban J connectivity index is 2.72. The van der Waals surface area contributed by atoms with Crippen LogP contribution in [-0.2, 0) is 7.05 Å². The van der Waals surface area contributed by atoms with Crippen LogP contribution in [0.1, 0.15) is 6.92 Å². The smallest absolute Gasteiger partial charge is 0.330 e. The zero-order chi connectivity index (χ0) is 13.1. The molecular formula is C9H16N4O3S. The summed E-state index contributed by atoms with van der Waals surface area (Å²) in [4.78, 5) is 10.2. The molecule has 2 N–H and O–H groups in total. The highest BCUT2D eigenvalue weighted by Crippen LogP contribution is 2.22. The van der Waals surface area contributed by atoms with Gasteiger partial charge in [0.2, 0.25) is 5.82 Å². The highest BCUT2D eigenvalue weighted by Gasteiger charge is 2.23. The Morgan fingerprint density at radius 3 is 2.94 bits per heavy atom. The third kappa shape index (κ3) is 3.90. The van der Waals surface area contributed by atoms with E-state index in [0.717, 1.165) is 0 Å². The lowest BCUT2D eigenvalue weighted by molar-refractivity contribution is -0.384. The molecule has 0 aromatic carbocycles. The molecule has 1 heterocycles. The first-order valence-electron chi connectivity index (χ1n) is 4.99. The van der Waals surface area contributed by atoms with Crippen LogP contribution in [0, 0.1) is 10.1 Å². The number of aromatic nitrogens is 2. The second-order valence-electron chi connectivity index (χ2n) is 4.08. The number of anilines is 1. The van der Waals surface area contributed by atoms with Crippen molar-refractivity contribution in [2.75, 3.05) is 23.9 Å². The van der Waals surface area contributed by atoms with Gasteiger partial charge in [-0.3, -0.25) is 14.8 Å². The molecule has 0 fully saturated rings. The second-order valence-corrected chi connectivity index (χ2v) is 4.94. The van der Waals surface area contributed by atoms with Gasteiger partial charge in [0, 0.05) is 19.3 Å². The molecule has 96 valence electrons. The Labute approximate surface area is 103 Å². The summed E-state index contributed by atoms with van der Waals surface area (Å²) in [6.45, 7) is 1.89. The number of nitro groups is 1. The zero-order valence-electron chi connectivity index (χ0n) is 10.0. The number of thioether (sulfide) groups is 1. The molecule has 1 rings (SSSR count). The molecule has 17 heavy (non-hydrogen) atoms. The summed E-state index contributed by atoms with van der Waals surface area (Å²) in [6.07, 6.45) is 3.21. The van der Waals surface area contributed by atoms with E-state index in [1.807, 2.05) is 6.26 Å². The van der Waals surface area contributed by atoms with Crippen molar-refractivity contribution in [1.82, 2.24) is 9.78 Å². The molecular weight excluding hydrogens is 244 g/mol. The van der Waals surface area contributed by atoms with Gasteiger partial charge in [0.05, 0.1) is 10.5 Å². The third-order valence-corrected chi connectivity index (χ3v) is 3.01. The SMILES string of the molecule is CSCC(C)(O)CNc1nn(C)cc1[N+](=O)[O-]. The maximum absolute atomic E-state index is 10.7. The summed E-state index contributed by atoms with van der Waals surface area (Å²) in [6, 6.07) is 0. The average molecular weight is 260 g/mol. The van der Waals surface area contributed by atoms with Gasteiger partial charge < -0.3 is 10.4 Å². The van der Waals surface area contributed by atoms with Crippen molar-refractivity contribution in [3.63, 3.8) is 0 Å². The second kappa shape index (κ2) is 5.37. The van der Waals surface area contributed by atoms with Crippen molar-refractivity contribution in [3.05, 3.63) is 16.3 Å². The van der Waals surface area contributed by atoms with Crippen LogP contribution >= 0.6 is 11.8 Å². The molecule has 0 aliphatic rings. The minimum Gasteiger partial charge on any atom is -0.387 e. The van der Waals surface area contributed by atoms with Gasteiger partial charge in [-0.15, -0.1) is 5.10 Å². The van der Waals surface area contributed by atoms with Crippen molar-refractivity contribution in [1.29, 1.82) is 0 Å². The van der Waals surface area contributed by atoms with Crippen LogP contribution < -0.4 is 5.32 Å². The Morgan fingerprint density at radius 2 is 2.41 bits per heavy atom. The fourth-order valence-corrected chi connectivity index (χ4v) is 2.10. The van der Waals surface area contributed by atoms with Crippen LogP contribution in [0.5, 0.6) is 0 Å².